The van der Waals surface area contributed by atoms with Gasteiger partial charge in [0, 0.05) is 4.47 Å². The van der Waals surface area contributed by atoms with E-state index in [2.05, 4.69) is 26.6 Å². The fourth-order valence-corrected chi connectivity index (χ4v) is 3.11. The summed E-state index contributed by atoms with van der Waals surface area (Å²) in [5.41, 5.74) is 7.81. The van der Waals surface area contributed by atoms with Gasteiger partial charge in [-0.3, -0.25) is 4.79 Å². The van der Waals surface area contributed by atoms with Crippen molar-refractivity contribution < 1.29 is 14.3 Å². The summed E-state index contributed by atoms with van der Waals surface area (Å²) in [6.45, 7) is 2.46. The number of carbonyl (C=O) groups excluding carboxylic acids is 2. The summed E-state index contributed by atoms with van der Waals surface area (Å²) in [6.07, 6.45) is 0. The number of hydrogen-bond donors (Lipinski definition) is 3. The van der Waals surface area contributed by atoms with Gasteiger partial charge in [0.05, 0.1) is 23.9 Å². The molecule has 1 unspecified atom stereocenters. The molecule has 0 saturated carbocycles. The normalized spacial score (nSPS) is 16.7. The lowest BCUT2D eigenvalue weighted by Crippen LogP contribution is -2.46. The van der Waals surface area contributed by atoms with E-state index in [1.165, 1.54) is 0 Å². The lowest BCUT2D eigenvalue weighted by Gasteiger charge is -2.29. The number of primary amides is 1. The molecule has 3 rings (SSSR count). The van der Waals surface area contributed by atoms with Crippen LogP contribution in [0.3, 0.4) is 0 Å². The van der Waals surface area contributed by atoms with Gasteiger partial charge in [0.1, 0.15) is 5.75 Å². The van der Waals surface area contributed by atoms with Crippen LogP contribution in [0, 0.1) is 0 Å². The molecule has 0 aromatic heterocycles. The molecule has 134 valence electrons. The van der Waals surface area contributed by atoms with Crippen molar-refractivity contribution >= 4 is 33.6 Å². The number of nitrogens with one attached hydrogen (secondary N) is 2. The van der Waals surface area contributed by atoms with Gasteiger partial charge in [0.25, 0.3) is 0 Å². The molecule has 7 heteroatoms. The second-order valence-corrected chi connectivity index (χ2v) is 6.61. The Hall–Kier alpha value is -2.80. The monoisotopic (exact) mass is 415 g/mol. The number of urea groups is 1. The summed E-state index contributed by atoms with van der Waals surface area (Å²) in [5, 5.41) is 5.47. The average molecular weight is 416 g/mol. The third-order valence-electron chi connectivity index (χ3n) is 3.99. The second-order valence-electron chi connectivity index (χ2n) is 5.69. The van der Waals surface area contributed by atoms with Crippen LogP contribution in [0.5, 0.6) is 5.75 Å². The molecule has 4 N–H and O–H groups in total. The summed E-state index contributed by atoms with van der Waals surface area (Å²) in [7, 11) is 0. The van der Waals surface area contributed by atoms with E-state index < -0.39 is 18.0 Å². The Morgan fingerprint density at radius 3 is 2.38 bits per heavy atom. The molecule has 0 fully saturated rings. The van der Waals surface area contributed by atoms with Crippen molar-refractivity contribution in [2.75, 3.05) is 6.61 Å². The van der Waals surface area contributed by atoms with E-state index in [0.29, 0.717) is 29.2 Å². The standard InChI is InChI=1S/C19H18BrN3O3/c1-2-26-14-9-5-12(6-10-14)17-15(18(21)24)16(22-19(25)23-17)11-3-7-13(20)8-4-11/h3-10,17H,2H2,1H3,(H2,21,24)(H2,22,23,25). The topological polar surface area (TPSA) is 93.4 Å². The zero-order chi connectivity index (χ0) is 18.7. The highest BCUT2D eigenvalue weighted by Gasteiger charge is 2.32. The number of halogens is 1. The maximum Gasteiger partial charge on any atom is 0.320 e. The van der Waals surface area contributed by atoms with Crippen molar-refractivity contribution in [3.63, 3.8) is 0 Å². The highest BCUT2D eigenvalue weighted by atomic mass is 79.9. The molecular formula is C19H18BrN3O3. The zero-order valence-corrected chi connectivity index (χ0v) is 15.7. The van der Waals surface area contributed by atoms with E-state index in [0.717, 1.165) is 10.0 Å². The van der Waals surface area contributed by atoms with E-state index >= 15 is 0 Å². The predicted octanol–water partition coefficient (Wildman–Crippen LogP) is 3.10. The van der Waals surface area contributed by atoms with Crippen molar-refractivity contribution in [3.8, 4) is 5.75 Å². The second kappa shape index (κ2) is 7.61. The number of hydrogen-bond acceptors (Lipinski definition) is 3. The number of benzene rings is 2. The SMILES string of the molecule is CCOc1ccc(C2NC(=O)NC(c3ccc(Br)cc3)=C2C(N)=O)cc1. The Labute approximate surface area is 159 Å². The fourth-order valence-electron chi connectivity index (χ4n) is 2.85. The number of rotatable bonds is 5. The molecule has 2 aromatic rings. The Kier molecular flexibility index (Phi) is 5.27. The van der Waals surface area contributed by atoms with Crippen LogP contribution in [0.4, 0.5) is 4.79 Å². The first kappa shape index (κ1) is 18.0. The number of ether oxygens (including phenoxy) is 1. The van der Waals surface area contributed by atoms with E-state index in [-0.39, 0.29) is 0 Å². The summed E-state index contributed by atoms with van der Waals surface area (Å²) in [5.74, 6) is 0.114. The van der Waals surface area contributed by atoms with E-state index in [4.69, 9.17) is 10.5 Å². The molecule has 0 saturated heterocycles. The summed E-state index contributed by atoms with van der Waals surface area (Å²) >= 11 is 3.37. The van der Waals surface area contributed by atoms with E-state index in [1.807, 2.05) is 43.3 Å². The van der Waals surface area contributed by atoms with Crippen LogP contribution >= 0.6 is 15.9 Å². The lowest BCUT2D eigenvalue weighted by molar-refractivity contribution is -0.114. The lowest BCUT2D eigenvalue weighted by atomic mass is 9.92. The highest BCUT2D eigenvalue weighted by Crippen LogP contribution is 2.32. The van der Waals surface area contributed by atoms with Gasteiger partial charge in [-0.1, -0.05) is 40.2 Å². The summed E-state index contributed by atoms with van der Waals surface area (Å²) in [4.78, 5) is 24.4. The van der Waals surface area contributed by atoms with Crippen molar-refractivity contribution in [1.82, 2.24) is 10.6 Å². The van der Waals surface area contributed by atoms with Crippen LogP contribution in [-0.2, 0) is 4.79 Å². The fraction of sp³-hybridized carbons (Fsp3) is 0.158. The molecule has 0 spiro atoms. The van der Waals surface area contributed by atoms with Crippen molar-refractivity contribution in [3.05, 3.63) is 69.7 Å². The van der Waals surface area contributed by atoms with Gasteiger partial charge in [0.2, 0.25) is 5.91 Å². The first-order valence-corrected chi connectivity index (χ1v) is 8.89. The molecule has 1 aliphatic heterocycles. The van der Waals surface area contributed by atoms with Gasteiger partial charge >= 0.3 is 6.03 Å². The Bertz CT molecular complexity index is 861. The average Bonchev–Trinajstić information content (AvgIpc) is 2.62. The molecular weight excluding hydrogens is 398 g/mol. The Morgan fingerprint density at radius 1 is 1.15 bits per heavy atom. The summed E-state index contributed by atoms with van der Waals surface area (Å²) < 4.78 is 6.33. The first-order chi connectivity index (χ1) is 12.5. The van der Waals surface area contributed by atoms with E-state index in [1.54, 1.807) is 12.1 Å². The Morgan fingerprint density at radius 2 is 1.81 bits per heavy atom. The minimum atomic E-state index is -0.643. The third kappa shape index (κ3) is 3.72. The maximum absolute atomic E-state index is 12.2. The van der Waals surface area contributed by atoms with Gasteiger partial charge < -0.3 is 21.1 Å². The molecule has 0 bridgehead atoms. The molecule has 1 heterocycles. The van der Waals surface area contributed by atoms with Crippen molar-refractivity contribution in [2.24, 2.45) is 5.73 Å². The first-order valence-electron chi connectivity index (χ1n) is 8.09. The van der Waals surface area contributed by atoms with E-state index in [9.17, 15) is 9.59 Å². The summed E-state index contributed by atoms with van der Waals surface area (Å²) in [6, 6.07) is 13.5. The smallest absolute Gasteiger partial charge is 0.320 e. The molecule has 2 aromatic carbocycles. The van der Waals surface area contributed by atoms with Gasteiger partial charge in [0.15, 0.2) is 0 Å². The molecule has 0 aliphatic carbocycles. The predicted molar refractivity (Wildman–Crippen MR) is 102 cm³/mol. The largest absolute Gasteiger partial charge is 0.494 e. The van der Waals surface area contributed by atoms with Gasteiger partial charge in [-0.15, -0.1) is 0 Å². The van der Waals surface area contributed by atoms with Crippen LogP contribution in [0.1, 0.15) is 24.1 Å². The van der Waals surface area contributed by atoms with Crippen LogP contribution in [0.2, 0.25) is 0 Å². The molecule has 1 atom stereocenters. The minimum Gasteiger partial charge on any atom is -0.494 e. The molecule has 26 heavy (non-hydrogen) atoms. The minimum absolute atomic E-state index is 0.302. The number of nitrogens with two attached hydrogens (primary N) is 1. The van der Waals surface area contributed by atoms with Crippen molar-refractivity contribution in [1.29, 1.82) is 0 Å². The van der Waals surface area contributed by atoms with Crippen molar-refractivity contribution in [2.45, 2.75) is 13.0 Å². The molecule has 0 radical (unpaired) electrons. The van der Waals surface area contributed by atoms with Gasteiger partial charge in [-0.2, -0.15) is 0 Å². The van der Waals surface area contributed by atoms with Crippen LogP contribution in [-0.4, -0.2) is 18.5 Å². The van der Waals surface area contributed by atoms with Crippen LogP contribution < -0.4 is 21.1 Å². The van der Waals surface area contributed by atoms with Crippen LogP contribution in [0.25, 0.3) is 5.70 Å². The highest BCUT2D eigenvalue weighted by molar-refractivity contribution is 9.10. The third-order valence-corrected chi connectivity index (χ3v) is 4.52. The molecule has 3 amide bonds. The molecule has 6 nitrogen and oxygen atoms in total. The quantitative estimate of drug-likeness (QED) is 0.699. The van der Waals surface area contributed by atoms with Gasteiger partial charge in [-0.25, -0.2) is 4.79 Å². The number of carbonyl (C=O) groups is 2. The Balaban J connectivity index is 2.07. The van der Waals surface area contributed by atoms with Crippen LogP contribution in [0.15, 0.2) is 58.6 Å². The maximum atomic E-state index is 12.2. The molecule has 1 aliphatic rings. The zero-order valence-electron chi connectivity index (χ0n) is 14.1. The van der Waals surface area contributed by atoms with Gasteiger partial charge in [-0.05, 0) is 42.3 Å². The number of amides is 3.